The van der Waals surface area contributed by atoms with Crippen molar-refractivity contribution in [2.45, 2.75) is 49.0 Å². The molecule has 3 rings (SSSR count). The number of ether oxygens (including phenoxy) is 1. The van der Waals surface area contributed by atoms with Gasteiger partial charge in [0.25, 0.3) is 5.56 Å². The molecule has 1 aliphatic heterocycles. The molecule has 0 aromatic carbocycles. The van der Waals surface area contributed by atoms with Gasteiger partial charge in [0, 0.05) is 0 Å². The number of imidazole rings is 1. The largest absolute Gasteiger partial charge is 0.394 e. The van der Waals surface area contributed by atoms with Gasteiger partial charge in [-0.05, 0) is 0 Å². The summed E-state index contributed by atoms with van der Waals surface area (Å²) in [6.45, 7) is -1.18. The van der Waals surface area contributed by atoms with Crippen LogP contribution in [0.25, 0.3) is 11.2 Å². The second-order valence-corrected chi connectivity index (χ2v) is 6.64. The summed E-state index contributed by atoms with van der Waals surface area (Å²) < 4.78 is 6.70. The van der Waals surface area contributed by atoms with Gasteiger partial charge in [-0.3, -0.25) is 9.36 Å². The third-order valence-electron chi connectivity index (χ3n) is 4.58. The lowest BCUT2D eigenvalue weighted by atomic mass is 10.0. The van der Waals surface area contributed by atoms with Crippen molar-refractivity contribution in [1.82, 2.24) is 19.5 Å². The number of aromatic nitrogens is 4. The SMILES string of the molecule is O=CC(O)C(O)C(O)C(O)CO.O=c1[nH]cnc2c1ncn2[C@@H]1O[C@H](CO)[C@@H](O)[C@H]1O. The third kappa shape index (κ3) is 5.29. The van der Waals surface area contributed by atoms with E-state index in [-0.39, 0.29) is 17.5 Å². The minimum Gasteiger partial charge on any atom is -0.394 e. The normalized spacial score (nSPS) is 27.2. The van der Waals surface area contributed by atoms with Gasteiger partial charge in [-0.25, -0.2) is 9.97 Å². The van der Waals surface area contributed by atoms with Gasteiger partial charge in [-0.15, -0.1) is 0 Å². The van der Waals surface area contributed by atoms with E-state index in [1.54, 1.807) is 0 Å². The molecule has 15 nitrogen and oxygen atoms in total. The van der Waals surface area contributed by atoms with Crippen molar-refractivity contribution in [2.24, 2.45) is 0 Å². The van der Waals surface area contributed by atoms with Crippen molar-refractivity contribution < 1.29 is 50.4 Å². The van der Waals surface area contributed by atoms with Crippen molar-refractivity contribution in [3.63, 3.8) is 0 Å². The number of hydrogen-bond acceptors (Lipinski definition) is 13. The van der Waals surface area contributed by atoms with E-state index in [9.17, 15) is 19.8 Å². The molecule has 1 saturated heterocycles. The molecule has 1 aliphatic rings. The summed E-state index contributed by atoms with van der Waals surface area (Å²) in [6, 6.07) is 0. The number of carbonyl (C=O) groups is 1. The molecule has 31 heavy (non-hydrogen) atoms. The molecule has 1 fully saturated rings. The van der Waals surface area contributed by atoms with E-state index in [4.69, 9.17) is 35.4 Å². The number of nitrogens with zero attached hydrogens (tertiary/aromatic N) is 3. The quantitative estimate of drug-likeness (QED) is 0.179. The van der Waals surface area contributed by atoms with Gasteiger partial charge in [-0.2, -0.15) is 0 Å². The number of H-pyrrole nitrogens is 1. The highest BCUT2D eigenvalue weighted by molar-refractivity contribution is 5.68. The Morgan fingerprint density at radius 1 is 1.13 bits per heavy atom. The second kappa shape index (κ2) is 10.8. The van der Waals surface area contributed by atoms with Crippen LogP contribution in [-0.2, 0) is 9.53 Å². The van der Waals surface area contributed by atoms with Crippen LogP contribution in [0.2, 0.25) is 0 Å². The molecule has 9 N–H and O–H groups in total. The Morgan fingerprint density at radius 2 is 1.81 bits per heavy atom. The highest BCUT2D eigenvalue weighted by Gasteiger charge is 2.44. The summed E-state index contributed by atoms with van der Waals surface area (Å²) in [4.78, 5) is 31.6. The summed E-state index contributed by atoms with van der Waals surface area (Å²) >= 11 is 0. The zero-order valence-electron chi connectivity index (χ0n) is 15.9. The maximum absolute atomic E-state index is 11.5. The van der Waals surface area contributed by atoms with E-state index in [0.29, 0.717) is 0 Å². The Morgan fingerprint density at radius 3 is 2.35 bits per heavy atom. The molecular weight excluding hydrogens is 424 g/mol. The fourth-order valence-corrected chi connectivity index (χ4v) is 2.78. The summed E-state index contributed by atoms with van der Waals surface area (Å²) in [6.07, 6.45) is -8.62. The maximum atomic E-state index is 11.5. The predicted octanol–water partition coefficient (Wildman–Crippen LogP) is -5.65. The van der Waals surface area contributed by atoms with E-state index >= 15 is 0 Å². The zero-order chi connectivity index (χ0) is 23.3. The minimum atomic E-state index is -1.79. The first-order chi connectivity index (χ1) is 14.7. The number of carbonyl (C=O) groups excluding carboxylic acids is 1. The molecule has 2 aromatic heterocycles. The van der Waals surface area contributed by atoms with Crippen LogP contribution in [0.3, 0.4) is 0 Å². The Balaban J connectivity index is 0.000000248. The molecule has 174 valence electrons. The first kappa shape index (κ1) is 24.9. The van der Waals surface area contributed by atoms with Crippen molar-refractivity contribution in [3.8, 4) is 0 Å². The van der Waals surface area contributed by atoms with E-state index in [0.717, 1.165) is 0 Å². The molecule has 0 spiro atoms. The minimum absolute atomic E-state index is 0.0258. The molecule has 0 amide bonds. The van der Waals surface area contributed by atoms with Gasteiger partial charge in [0.2, 0.25) is 0 Å². The Hall–Kier alpha value is -2.34. The number of aliphatic hydroxyl groups excluding tert-OH is 8. The molecule has 0 saturated carbocycles. The first-order valence-electron chi connectivity index (χ1n) is 8.99. The van der Waals surface area contributed by atoms with E-state index in [1.807, 2.05) is 0 Å². The highest BCUT2D eigenvalue weighted by Crippen LogP contribution is 2.30. The van der Waals surface area contributed by atoms with Gasteiger partial charge in [-0.1, -0.05) is 0 Å². The summed E-state index contributed by atoms with van der Waals surface area (Å²) in [5.74, 6) is 0. The molecule has 15 heteroatoms. The maximum Gasteiger partial charge on any atom is 0.278 e. The van der Waals surface area contributed by atoms with Gasteiger partial charge < -0.3 is 55.4 Å². The molecule has 0 aliphatic carbocycles. The van der Waals surface area contributed by atoms with Crippen molar-refractivity contribution >= 4 is 17.5 Å². The van der Waals surface area contributed by atoms with Gasteiger partial charge in [0.05, 0.1) is 25.9 Å². The van der Waals surface area contributed by atoms with E-state index in [1.165, 1.54) is 17.2 Å². The number of aldehydes is 1. The molecule has 0 radical (unpaired) electrons. The standard InChI is InChI=1S/C10H12N4O5.C6H12O6/c15-1-4-6(16)7(17)10(19-4)14-3-13-5-8(14)11-2-12-9(5)18;7-1-3(9)5(11)6(12)4(10)2-8/h2-4,6-7,10,15-17H,1H2,(H,11,12,18);1,3-6,8-12H,2H2/t4-,6-,7-,10-;/m1./s1. The van der Waals surface area contributed by atoms with Crippen molar-refractivity contribution in [1.29, 1.82) is 0 Å². The van der Waals surface area contributed by atoms with Crippen LogP contribution < -0.4 is 5.56 Å². The summed E-state index contributed by atoms with van der Waals surface area (Å²) in [7, 11) is 0. The topological polar surface area (TPSA) is 252 Å². The third-order valence-corrected chi connectivity index (χ3v) is 4.58. The van der Waals surface area contributed by atoms with Gasteiger partial charge >= 0.3 is 0 Å². The van der Waals surface area contributed by atoms with E-state index in [2.05, 4.69) is 15.0 Å². The summed E-state index contributed by atoms with van der Waals surface area (Å²) in [5, 5.41) is 72.2. The molecule has 2 aromatic rings. The number of hydrogen-bond donors (Lipinski definition) is 9. The molecule has 4 unspecified atom stereocenters. The van der Waals surface area contributed by atoms with Crippen LogP contribution in [0.5, 0.6) is 0 Å². The van der Waals surface area contributed by atoms with Crippen LogP contribution in [0.15, 0.2) is 17.4 Å². The molecule has 8 atom stereocenters. The van der Waals surface area contributed by atoms with Crippen LogP contribution >= 0.6 is 0 Å². The lowest BCUT2D eigenvalue weighted by Crippen LogP contribution is -2.46. The van der Waals surface area contributed by atoms with Gasteiger partial charge in [0.15, 0.2) is 23.7 Å². The lowest BCUT2D eigenvalue weighted by molar-refractivity contribution is -0.136. The van der Waals surface area contributed by atoms with Crippen molar-refractivity contribution in [2.75, 3.05) is 13.2 Å². The second-order valence-electron chi connectivity index (χ2n) is 6.64. The van der Waals surface area contributed by atoms with Crippen LogP contribution in [0.1, 0.15) is 6.23 Å². The Bertz CT molecular complexity index is 905. The monoisotopic (exact) mass is 448 g/mol. The van der Waals surface area contributed by atoms with Gasteiger partial charge in [0.1, 0.15) is 42.7 Å². The lowest BCUT2D eigenvalue weighted by Gasteiger charge is -2.22. The number of nitrogens with one attached hydrogen (secondary N) is 1. The average molecular weight is 448 g/mol. The zero-order valence-corrected chi connectivity index (χ0v) is 15.9. The highest BCUT2D eigenvalue weighted by atomic mass is 16.6. The van der Waals surface area contributed by atoms with Crippen molar-refractivity contribution in [3.05, 3.63) is 23.0 Å². The molecule has 3 heterocycles. The average Bonchev–Trinajstić information content (AvgIpc) is 3.33. The van der Waals surface area contributed by atoms with E-state index < -0.39 is 67.7 Å². The first-order valence-corrected chi connectivity index (χ1v) is 8.99. The number of rotatable bonds is 7. The van der Waals surface area contributed by atoms with Crippen LogP contribution in [0.4, 0.5) is 0 Å². The smallest absolute Gasteiger partial charge is 0.278 e. The van der Waals surface area contributed by atoms with Crippen LogP contribution in [-0.4, -0.2) is 123 Å². The number of aromatic amines is 1. The Labute approximate surface area is 173 Å². The number of fused-ring (bicyclic) bond motifs is 1. The predicted molar refractivity (Wildman–Crippen MR) is 98.3 cm³/mol. The molecular formula is C16H24N4O11. The van der Waals surface area contributed by atoms with Crippen LogP contribution in [0, 0.1) is 0 Å². The fourth-order valence-electron chi connectivity index (χ4n) is 2.78. The molecule has 0 bridgehead atoms. The Kier molecular flexibility index (Phi) is 8.69. The summed E-state index contributed by atoms with van der Waals surface area (Å²) in [5.41, 5.74) is -0.0608. The fraction of sp³-hybridized carbons (Fsp3) is 0.625. The number of aliphatic hydroxyl groups is 8.